The standard InChI is InChI=1S/C15H14ClN3/c1-19(10-11-2-5-13(16)6-3-11)14-7-4-12(9-17)15(18)8-14/h2-8H,10,18H2,1H3. The topological polar surface area (TPSA) is 53.0 Å². The van der Waals surface area contributed by atoms with Gasteiger partial charge in [-0.15, -0.1) is 0 Å². The SMILES string of the molecule is CN(Cc1ccc(Cl)cc1)c1ccc(C#N)c(N)c1. The molecule has 0 fully saturated rings. The molecule has 2 N–H and O–H groups in total. The Bertz CT molecular complexity index is 614. The number of nitrogen functional groups attached to an aromatic ring is 1. The summed E-state index contributed by atoms with van der Waals surface area (Å²) in [7, 11) is 1.98. The third-order valence-corrected chi connectivity index (χ3v) is 3.18. The Labute approximate surface area is 117 Å². The van der Waals surface area contributed by atoms with E-state index in [1.54, 1.807) is 6.07 Å². The van der Waals surface area contributed by atoms with Crippen molar-refractivity contribution in [3.63, 3.8) is 0 Å². The molecule has 2 aromatic rings. The highest BCUT2D eigenvalue weighted by Gasteiger charge is 2.05. The van der Waals surface area contributed by atoms with E-state index in [9.17, 15) is 0 Å². The third kappa shape index (κ3) is 3.18. The van der Waals surface area contributed by atoms with Crippen LogP contribution in [0.15, 0.2) is 42.5 Å². The predicted molar refractivity (Wildman–Crippen MR) is 79.1 cm³/mol. The molecule has 0 unspecified atom stereocenters. The smallest absolute Gasteiger partial charge is 0.101 e. The molecule has 96 valence electrons. The maximum atomic E-state index is 8.85. The molecule has 0 heterocycles. The molecule has 3 nitrogen and oxygen atoms in total. The van der Waals surface area contributed by atoms with Gasteiger partial charge in [-0.1, -0.05) is 23.7 Å². The van der Waals surface area contributed by atoms with Crippen molar-refractivity contribution in [1.82, 2.24) is 0 Å². The van der Waals surface area contributed by atoms with Gasteiger partial charge in [0.15, 0.2) is 0 Å². The Morgan fingerprint density at radius 3 is 2.47 bits per heavy atom. The number of nitriles is 1. The summed E-state index contributed by atoms with van der Waals surface area (Å²) in [6.07, 6.45) is 0. The minimum absolute atomic E-state index is 0.503. The van der Waals surface area contributed by atoms with E-state index in [0.29, 0.717) is 11.3 Å². The molecule has 0 radical (unpaired) electrons. The second kappa shape index (κ2) is 5.64. The number of hydrogen-bond acceptors (Lipinski definition) is 3. The van der Waals surface area contributed by atoms with Crippen LogP contribution in [0.2, 0.25) is 5.02 Å². The van der Waals surface area contributed by atoms with E-state index in [2.05, 4.69) is 11.0 Å². The van der Waals surface area contributed by atoms with E-state index < -0.39 is 0 Å². The molecule has 0 saturated carbocycles. The first-order valence-electron chi connectivity index (χ1n) is 5.85. The Hall–Kier alpha value is -2.18. The summed E-state index contributed by atoms with van der Waals surface area (Å²) in [5.74, 6) is 0. The fourth-order valence-corrected chi connectivity index (χ4v) is 1.97. The van der Waals surface area contributed by atoms with E-state index in [1.165, 1.54) is 0 Å². The van der Waals surface area contributed by atoms with Gasteiger partial charge >= 0.3 is 0 Å². The first kappa shape index (κ1) is 13.3. The molecule has 2 aromatic carbocycles. The monoisotopic (exact) mass is 271 g/mol. The zero-order valence-corrected chi connectivity index (χ0v) is 11.4. The number of hydrogen-bond donors (Lipinski definition) is 1. The summed E-state index contributed by atoms with van der Waals surface area (Å²) < 4.78 is 0. The van der Waals surface area contributed by atoms with Crippen LogP contribution in [0.3, 0.4) is 0 Å². The molecule has 0 amide bonds. The van der Waals surface area contributed by atoms with Crippen LogP contribution in [-0.2, 0) is 6.54 Å². The van der Waals surface area contributed by atoms with Crippen molar-refractivity contribution in [2.24, 2.45) is 0 Å². The van der Waals surface area contributed by atoms with Crippen molar-refractivity contribution >= 4 is 23.0 Å². The van der Waals surface area contributed by atoms with Crippen molar-refractivity contribution in [3.05, 3.63) is 58.6 Å². The van der Waals surface area contributed by atoms with Crippen molar-refractivity contribution in [2.75, 3.05) is 17.7 Å². The highest BCUT2D eigenvalue weighted by Crippen LogP contribution is 2.22. The third-order valence-electron chi connectivity index (χ3n) is 2.93. The number of nitrogens with zero attached hydrogens (tertiary/aromatic N) is 2. The maximum absolute atomic E-state index is 8.85. The van der Waals surface area contributed by atoms with Crippen molar-refractivity contribution in [1.29, 1.82) is 5.26 Å². The van der Waals surface area contributed by atoms with Gasteiger partial charge in [0.2, 0.25) is 0 Å². The van der Waals surface area contributed by atoms with Gasteiger partial charge in [0.25, 0.3) is 0 Å². The van der Waals surface area contributed by atoms with Crippen LogP contribution < -0.4 is 10.6 Å². The molecule has 19 heavy (non-hydrogen) atoms. The molecular formula is C15H14ClN3. The normalized spacial score (nSPS) is 9.95. The molecule has 2 rings (SSSR count). The van der Waals surface area contributed by atoms with Crippen LogP contribution in [0, 0.1) is 11.3 Å². The molecule has 0 aliphatic heterocycles. The number of halogens is 1. The van der Waals surface area contributed by atoms with Crippen molar-refractivity contribution in [2.45, 2.75) is 6.54 Å². The summed E-state index contributed by atoms with van der Waals surface area (Å²) in [6, 6.07) is 15.2. The average Bonchev–Trinajstić information content (AvgIpc) is 2.41. The molecule has 0 aromatic heterocycles. The molecule has 0 aliphatic rings. The molecule has 4 heteroatoms. The first-order valence-corrected chi connectivity index (χ1v) is 6.23. The Kier molecular flexibility index (Phi) is 3.94. The predicted octanol–water partition coefficient (Wildman–Crippen LogP) is 3.43. The second-order valence-corrected chi connectivity index (χ2v) is 4.80. The fraction of sp³-hybridized carbons (Fsp3) is 0.133. The van der Waals surface area contributed by atoms with Crippen LogP contribution in [0.4, 0.5) is 11.4 Å². The zero-order chi connectivity index (χ0) is 13.8. The van der Waals surface area contributed by atoms with Gasteiger partial charge in [0.1, 0.15) is 6.07 Å². The van der Waals surface area contributed by atoms with E-state index in [4.69, 9.17) is 22.6 Å². The van der Waals surface area contributed by atoms with E-state index >= 15 is 0 Å². The van der Waals surface area contributed by atoms with Gasteiger partial charge in [-0.2, -0.15) is 5.26 Å². The summed E-state index contributed by atoms with van der Waals surface area (Å²) in [6.45, 7) is 0.752. The number of anilines is 2. The van der Waals surface area contributed by atoms with Crippen LogP contribution in [0.25, 0.3) is 0 Å². The average molecular weight is 272 g/mol. The lowest BCUT2D eigenvalue weighted by Gasteiger charge is -2.20. The molecule has 0 spiro atoms. The molecule has 0 aliphatic carbocycles. The summed E-state index contributed by atoms with van der Waals surface area (Å²) in [4.78, 5) is 2.07. The number of rotatable bonds is 3. The second-order valence-electron chi connectivity index (χ2n) is 4.37. The molecule has 0 bridgehead atoms. The Morgan fingerprint density at radius 2 is 1.89 bits per heavy atom. The van der Waals surface area contributed by atoms with Crippen LogP contribution >= 0.6 is 11.6 Å². The quantitative estimate of drug-likeness (QED) is 0.870. The van der Waals surface area contributed by atoms with E-state index in [0.717, 1.165) is 22.8 Å². The van der Waals surface area contributed by atoms with Gasteiger partial charge < -0.3 is 10.6 Å². The highest BCUT2D eigenvalue weighted by atomic mass is 35.5. The van der Waals surface area contributed by atoms with Gasteiger partial charge in [-0.3, -0.25) is 0 Å². The molecular weight excluding hydrogens is 258 g/mol. The lowest BCUT2D eigenvalue weighted by molar-refractivity contribution is 0.923. The summed E-state index contributed by atoms with van der Waals surface area (Å²) in [5.41, 5.74) is 8.96. The first-order chi connectivity index (χ1) is 9.10. The van der Waals surface area contributed by atoms with Gasteiger partial charge in [-0.25, -0.2) is 0 Å². The Balaban J connectivity index is 2.16. The van der Waals surface area contributed by atoms with Crippen LogP contribution in [-0.4, -0.2) is 7.05 Å². The fourth-order valence-electron chi connectivity index (χ4n) is 1.84. The Morgan fingerprint density at radius 1 is 1.21 bits per heavy atom. The van der Waals surface area contributed by atoms with Gasteiger partial charge in [-0.05, 0) is 35.9 Å². The maximum Gasteiger partial charge on any atom is 0.101 e. The van der Waals surface area contributed by atoms with E-state index in [1.807, 2.05) is 43.4 Å². The molecule has 0 saturated heterocycles. The van der Waals surface area contributed by atoms with Gasteiger partial charge in [0, 0.05) is 24.3 Å². The number of nitrogens with two attached hydrogens (primary N) is 1. The highest BCUT2D eigenvalue weighted by molar-refractivity contribution is 6.30. The molecule has 0 atom stereocenters. The van der Waals surface area contributed by atoms with Crippen molar-refractivity contribution < 1.29 is 0 Å². The minimum atomic E-state index is 0.503. The summed E-state index contributed by atoms with van der Waals surface area (Å²) >= 11 is 5.86. The van der Waals surface area contributed by atoms with E-state index in [-0.39, 0.29) is 0 Å². The van der Waals surface area contributed by atoms with Crippen molar-refractivity contribution in [3.8, 4) is 6.07 Å². The lowest BCUT2D eigenvalue weighted by atomic mass is 10.1. The zero-order valence-electron chi connectivity index (χ0n) is 10.6. The largest absolute Gasteiger partial charge is 0.398 e. The van der Waals surface area contributed by atoms with Crippen LogP contribution in [0.1, 0.15) is 11.1 Å². The van der Waals surface area contributed by atoms with Gasteiger partial charge in [0.05, 0.1) is 11.3 Å². The summed E-state index contributed by atoms with van der Waals surface area (Å²) in [5, 5.41) is 9.58. The van der Waals surface area contributed by atoms with Crippen LogP contribution in [0.5, 0.6) is 0 Å². The lowest BCUT2D eigenvalue weighted by Crippen LogP contribution is -2.16. The number of benzene rings is 2. The minimum Gasteiger partial charge on any atom is -0.398 e.